The maximum Gasteiger partial charge on any atom is 0.412 e. The van der Waals surface area contributed by atoms with Crippen LogP contribution >= 0.6 is 0 Å². The summed E-state index contributed by atoms with van der Waals surface area (Å²) in [5.41, 5.74) is 1.57. The molecule has 0 aliphatic heterocycles. The molecule has 7 heteroatoms. The van der Waals surface area contributed by atoms with Crippen LogP contribution < -0.4 is 0 Å². The lowest BCUT2D eigenvalue weighted by Gasteiger charge is -2.14. The second-order valence-electron chi connectivity index (χ2n) is 6.28. The van der Waals surface area contributed by atoms with Gasteiger partial charge in [-0.15, -0.1) is 0 Å². The van der Waals surface area contributed by atoms with Crippen molar-refractivity contribution in [3.05, 3.63) is 76.8 Å². The average molecular weight is 410 g/mol. The fourth-order valence-corrected chi connectivity index (χ4v) is 2.25. The minimum Gasteiger partial charge on any atom is -0.503 e. The van der Waals surface area contributed by atoms with Gasteiger partial charge in [-0.2, -0.15) is 13.2 Å². The number of halogens is 3. The monoisotopic (exact) mass is 410 g/mol. The highest BCUT2D eigenvalue weighted by Crippen LogP contribution is 2.25. The highest BCUT2D eigenvalue weighted by atomic mass is 19.4. The van der Waals surface area contributed by atoms with Crippen LogP contribution in [0.5, 0.6) is 0 Å². The van der Waals surface area contributed by atoms with E-state index in [4.69, 9.17) is 14.2 Å². The number of methoxy groups -OCH3 is 2. The van der Waals surface area contributed by atoms with Crippen LogP contribution in [0.15, 0.2) is 65.7 Å². The molecule has 1 aromatic carbocycles. The number of hydrogen-bond donors (Lipinski definition) is 0. The van der Waals surface area contributed by atoms with Crippen LogP contribution in [0, 0.1) is 0 Å². The molecule has 0 radical (unpaired) electrons. The SMILES string of the molecule is CO/C=C(/C(=O)OC)c1ccccc1COC(/C=C\C=C(/C)C(F)(F)F)=C(C)C. The summed E-state index contributed by atoms with van der Waals surface area (Å²) in [5.74, 6) is -0.129. The van der Waals surface area contributed by atoms with E-state index < -0.39 is 17.7 Å². The largest absolute Gasteiger partial charge is 0.503 e. The number of rotatable bonds is 8. The van der Waals surface area contributed by atoms with E-state index in [1.807, 2.05) is 0 Å². The molecule has 1 aromatic rings. The van der Waals surface area contributed by atoms with Crippen LogP contribution in [-0.4, -0.2) is 26.4 Å². The summed E-state index contributed by atoms with van der Waals surface area (Å²) in [6.07, 6.45) is 0.669. The molecular formula is C22H25F3O4. The second kappa shape index (κ2) is 11.1. The van der Waals surface area contributed by atoms with Crippen molar-refractivity contribution in [2.24, 2.45) is 0 Å². The van der Waals surface area contributed by atoms with E-state index in [-0.39, 0.29) is 12.2 Å². The Kier molecular flexibility index (Phi) is 9.25. The fourth-order valence-electron chi connectivity index (χ4n) is 2.25. The predicted molar refractivity (Wildman–Crippen MR) is 106 cm³/mol. The molecule has 0 spiro atoms. The van der Waals surface area contributed by atoms with Gasteiger partial charge in [0.15, 0.2) is 0 Å². The third-order valence-corrected chi connectivity index (χ3v) is 3.87. The van der Waals surface area contributed by atoms with Gasteiger partial charge in [-0.05, 0) is 43.5 Å². The fraction of sp³-hybridized carbons (Fsp3) is 0.318. The first kappa shape index (κ1) is 24.1. The molecular weight excluding hydrogens is 385 g/mol. The van der Waals surface area contributed by atoms with Crippen molar-refractivity contribution in [2.45, 2.75) is 33.6 Å². The van der Waals surface area contributed by atoms with Crippen molar-refractivity contribution in [3.63, 3.8) is 0 Å². The van der Waals surface area contributed by atoms with Crippen LogP contribution in [0.1, 0.15) is 31.9 Å². The Hall–Kier alpha value is -2.96. The lowest BCUT2D eigenvalue weighted by Crippen LogP contribution is -2.08. The van der Waals surface area contributed by atoms with Gasteiger partial charge in [-0.25, -0.2) is 4.79 Å². The average Bonchev–Trinajstić information content (AvgIpc) is 2.67. The Morgan fingerprint density at radius 3 is 2.31 bits per heavy atom. The molecule has 0 heterocycles. The van der Waals surface area contributed by atoms with Gasteiger partial charge in [0.05, 0.1) is 20.5 Å². The molecule has 1 rings (SSSR count). The molecule has 0 aromatic heterocycles. The number of benzene rings is 1. The highest BCUT2D eigenvalue weighted by Gasteiger charge is 2.29. The first-order valence-electron chi connectivity index (χ1n) is 8.73. The van der Waals surface area contributed by atoms with E-state index in [0.29, 0.717) is 16.9 Å². The van der Waals surface area contributed by atoms with Crippen LogP contribution in [0.25, 0.3) is 5.57 Å². The summed E-state index contributed by atoms with van der Waals surface area (Å²) in [7, 11) is 2.69. The van der Waals surface area contributed by atoms with Crippen LogP contribution in [0.2, 0.25) is 0 Å². The molecule has 4 nitrogen and oxygen atoms in total. The molecule has 0 bridgehead atoms. The number of alkyl halides is 3. The first-order chi connectivity index (χ1) is 13.6. The van der Waals surface area contributed by atoms with E-state index in [2.05, 4.69) is 0 Å². The molecule has 0 aliphatic carbocycles. The summed E-state index contributed by atoms with van der Waals surface area (Å²) >= 11 is 0. The van der Waals surface area contributed by atoms with E-state index in [0.717, 1.165) is 18.6 Å². The maximum absolute atomic E-state index is 12.6. The quantitative estimate of drug-likeness (QED) is 0.238. The van der Waals surface area contributed by atoms with E-state index >= 15 is 0 Å². The minimum atomic E-state index is -4.37. The normalized spacial score (nSPS) is 12.7. The highest BCUT2D eigenvalue weighted by molar-refractivity contribution is 6.16. The summed E-state index contributed by atoms with van der Waals surface area (Å²) in [5, 5.41) is 0. The molecule has 0 saturated heterocycles. The number of carbonyl (C=O) groups is 1. The van der Waals surface area contributed by atoms with Gasteiger partial charge in [0.2, 0.25) is 0 Å². The van der Waals surface area contributed by atoms with Gasteiger partial charge in [-0.3, -0.25) is 0 Å². The molecule has 0 aliphatic rings. The zero-order valence-corrected chi connectivity index (χ0v) is 17.1. The Balaban J connectivity index is 3.08. The van der Waals surface area contributed by atoms with Gasteiger partial charge in [0.25, 0.3) is 0 Å². The Morgan fingerprint density at radius 1 is 1.10 bits per heavy atom. The zero-order chi connectivity index (χ0) is 22.0. The molecule has 0 N–H and O–H groups in total. The van der Waals surface area contributed by atoms with E-state index in [1.165, 1.54) is 32.6 Å². The van der Waals surface area contributed by atoms with Crippen molar-refractivity contribution >= 4 is 11.5 Å². The molecule has 0 atom stereocenters. The van der Waals surface area contributed by atoms with E-state index in [9.17, 15) is 18.0 Å². The number of carbonyl (C=O) groups excluding carboxylic acids is 1. The smallest absolute Gasteiger partial charge is 0.412 e. The number of allylic oxidation sites excluding steroid dienone is 5. The van der Waals surface area contributed by atoms with Crippen LogP contribution in [0.4, 0.5) is 13.2 Å². The topological polar surface area (TPSA) is 44.8 Å². The Morgan fingerprint density at radius 2 is 1.76 bits per heavy atom. The second-order valence-corrected chi connectivity index (χ2v) is 6.28. The minimum absolute atomic E-state index is 0.0983. The Bertz CT molecular complexity index is 827. The van der Waals surface area contributed by atoms with Crippen molar-refractivity contribution in [1.82, 2.24) is 0 Å². The molecule has 0 saturated carbocycles. The molecule has 0 fully saturated rings. The van der Waals surface area contributed by atoms with Gasteiger partial charge in [0, 0.05) is 5.57 Å². The zero-order valence-electron chi connectivity index (χ0n) is 17.1. The van der Waals surface area contributed by atoms with Gasteiger partial charge < -0.3 is 14.2 Å². The standard InChI is InChI=1S/C22H25F3O4/c1-15(2)20(12-8-9-16(3)22(23,24)25)29-13-17-10-6-7-11-18(17)19(14-27-4)21(26)28-5/h6-12,14H,13H2,1-5H3/b12-8-,16-9+,19-14+. The maximum atomic E-state index is 12.6. The number of hydrogen-bond acceptors (Lipinski definition) is 4. The lowest BCUT2D eigenvalue weighted by molar-refractivity contribution is -0.133. The summed E-state index contributed by atoms with van der Waals surface area (Å²) < 4.78 is 53.3. The predicted octanol–water partition coefficient (Wildman–Crippen LogP) is 5.72. The summed E-state index contributed by atoms with van der Waals surface area (Å²) in [4.78, 5) is 12.1. The number of ether oxygens (including phenoxy) is 3. The third kappa shape index (κ3) is 7.52. The summed E-state index contributed by atoms with van der Waals surface area (Å²) in [6.45, 7) is 4.67. The van der Waals surface area contributed by atoms with Crippen molar-refractivity contribution in [1.29, 1.82) is 0 Å². The van der Waals surface area contributed by atoms with E-state index in [1.54, 1.807) is 38.1 Å². The van der Waals surface area contributed by atoms with Crippen molar-refractivity contribution in [3.8, 4) is 0 Å². The first-order valence-corrected chi connectivity index (χ1v) is 8.73. The Labute approximate surface area is 169 Å². The molecule has 29 heavy (non-hydrogen) atoms. The van der Waals surface area contributed by atoms with Crippen molar-refractivity contribution in [2.75, 3.05) is 14.2 Å². The van der Waals surface area contributed by atoms with Crippen LogP contribution in [0.3, 0.4) is 0 Å². The van der Waals surface area contributed by atoms with Gasteiger partial charge >= 0.3 is 12.1 Å². The molecule has 0 unspecified atom stereocenters. The molecule has 158 valence electrons. The number of esters is 1. The molecule has 0 amide bonds. The van der Waals surface area contributed by atoms with Gasteiger partial charge in [-0.1, -0.05) is 36.4 Å². The third-order valence-electron chi connectivity index (χ3n) is 3.87. The summed E-state index contributed by atoms with van der Waals surface area (Å²) in [6, 6.07) is 7.06. The van der Waals surface area contributed by atoms with Crippen LogP contribution in [-0.2, 0) is 25.6 Å². The van der Waals surface area contributed by atoms with Gasteiger partial charge in [0.1, 0.15) is 17.9 Å². The van der Waals surface area contributed by atoms with Crippen molar-refractivity contribution < 1.29 is 32.2 Å². The lowest BCUT2D eigenvalue weighted by atomic mass is 10.0.